The Labute approximate surface area is 231 Å². The fourth-order valence-corrected chi connectivity index (χ4v) is 6.11. The summed E-state index contributed by atoms with van der Waals surface area (Å²) < 4.78 is 9.15. The average Bonchev–Trinajstić information content (AvgIpc) is 3.55. The number of benzene rings is 5. The monoisotopic (exact) mass is 517 g/mol. The van der Waals surface area contributed by atoms with E-state index in [1.54, 1.807) is 0 Å². The molecule has 0 aliphatic heterocycles. The van der Waals surface area contributed by atoms with E-state index in [0.29, 0.717) is 0 Å². The van der Waals surface area contributed by atoms with E-state index in [1.807, 2.05) is 18.5 Å². The summed E-state index contributed by atoms with van der Waals surface area (Å²) in [5.41, 5.74) is 6.77. The van der Waals surface area contributed by atoms with Gasteiger partial charge in [-0.2, -0.15) is 0 Å². The molecule has 0 aliphatic carbocycles. The van der Waals surface area contributed by atoms with Crippen molar-refractivity contribution < 1.29 is 4.42 Å². The van der Waals surface area contributed by atoms with Crippen molar-refractivity contribution in [2.75, 3.05) is 0 Å². The Morgan fingerprint density at radius 1 is 0.650 bits per heavy atom. The highest BCUT2D eigenvalue weighted by molar-refractivity contribution is 6.23. The van der Waals surface area contributed by atoms with E-state index in [0.717, 1.165) is 61.0 Å². The van der Waals surface area contributed by atoms with Crippen molar-refractivity contribution >= 4 is 54.5 Å². The molecule has 192 valence electrons. The molecule has 8 rings (SSSR count). The summed E-state index contributed by atoms with van der Waals surface area (Å²) in [6.45, 7) is 6.67. The molecule has 3 aromatic heterocycles. The van der Waals surface area contributed by atoms with E-state index in [1.165, 1.54) is 16.2 Å². The molecule has 0 radical (unpaired) electrons. The van der Waals surface area contributed by atoms with Gasteiger partial charge in [0.15, 0.2) is 0 Å². The number of imidazole rings is 1. The summed E-state index contributed by atoms with van der Waals surface area (Å²) in [6, 6.07) is 34.1. The smallest absolute Gasteiger partial charge is 0.149 e. The number of pyridine rings is 1. The Balaban J connectivity index is 1.51. The van der Waals surface area contributed by atoms with E-state index in [-0.39, 0.29) is 5.41 Å². The molecule has 5 aromatic carbocycles. The van der Waals surface area contributed by atoms with Crippen LogP contribution in [0, 0.1) is 0 Å². The molecule has 4 heteroatoms. The van der Waals surface area contributed by atoms with Crippen LogP contribution in [0.5, 0.6) is 0 Å². The molecule has 0 fully saturated rings. The molecular weight excluding hydrogens is 490 g/mol. The molecule has 0 unspecified atom stereocenters. The summed E-state index contributed by atoms with van der Waals surface area (Å²) in [5, 5.41) is 6.92. The van der Waals surface area contributed by atoms with Crippen molar-refractivity contribution in [2.24, 2.45) is 0 Å². The standard InChI is InChI=1S/C36H27N3O/c1-36(2,3)29-20-37-21-30-32(29)39(24-11-5-4-6-12-24)35(38-30)28-15-9-14-26-27-19-18-23-17-16-22-10-7-8-13-25(22)31(23)34(27)40-33(26)28/h4-21H,1-3H3. The SMILES string of the molecule is CC(C)(C)c1cncc2nc(-c3cccc4c3oc3c4ccc4ccc5ccccc5c43)n(-c3ccccc3)c12. The van der Waals surface area contributed by atoms with Crippen LogP contribution < -0.4 is 0 Å². The summed E-state index contributed by atoms with van der Waals surface area (Å²) in [6.07, 6.45) is 3.85. The molecule has 0 saturated heterocycles. The van der Waals surface area contributed by atoms with Gasteiger partial charge in [-0.15, -0.1) is 0 Å². The first-order chi connectivity index (χ1) is 19.5. The number of rotatable bonds is 2. The summed E-state index contributed by atoms with van der Waals surface area (Å²) in [7, 11) is 0. The highest BCUT2D eigenvalue weighted by Gasteiger charge is 2.26. The van der Waals surface area contributed by atoms with Gasteiger partial charge in [0, 0.05) is 33.6 Å². The predicted octanol–water partition coefficient (Wildman–Crippen LogP) is 9.59. The van der Waals surface area contributed by atoms with Crippen LogP contribution in [0.4, 0.5) is 0 Å². The van der Waals surface area contributed by atoms with Crippen LogP contribution in [0.2, 0.25) is 0 Å². The van der Waals surface area contributed by atoms with E-state index < -0.39 is 0 Å². The van der Waals surface area contributed by atoms with Gasteiger partial charge in [-0.1, -0.05) is 93.6 Å². The van der Waals surface area contributed by atoms with Crippen LogP contribution in [0.3, 0.4) is 0 Å². The Bertz CT molecular complexity index is 2250. The predicted molar refractivity (Wildman–Crippen MR) is 165 cm³/mol. The molecule has 4 nitrogen and oxygen atoms in total. The van der Waals surface area contributed by atoms with Gasteiger partial charge in [0.25, 0.3) is 0 Å². The van der Waals surface area contributed by atoms with Crippen LogP contribution in [0.25, 0.3) is 71.6 Å². The first-order valence-corrected chi connectivity index (χ1v) is 13.7. The zero-order valence-corrected chi connectivity index (χ0v) is 22.6. The van der Waals surface area contributed by atoms with Crippen molar-refractivity contribution in [1.29, 1.82) is 0 Å². The van der Waals surface area contributed by atoms with Crippen molar-refractivity contribution in [2.45, 2.75) is 26.2 Å². The van der Waals surface area contributed by atoms with Gasteiger partial charge >= 0.3 is 0 Å². The fourth-order valence-electron chi connectivity index (χ4n) is 6.11. The number of hydrogen-bond donors (Lipinski definition) is 0. The summed E-state index contributed by atoms with van der Waals surface area (Å²) >= 11 is 0. The van der Waals surface area contributed by atoms with Crippen molar-refractivity contribution in [3.63, 3.8) is 0 Å². The topological polar surface area (TPSA) is 43.9 Å². The quantitative estimate of drug-likeness (QED) is 0.214. The molecule has 0 amide bonds. The first kappa shape index (κ1) is 23.0. The van der Waals surface area contributed by atoms with Gasteiger partial charge in [0.1, 0.15) is 22.5 Å². The Morgan fingerprint density at radius 2 is 1.38 bits per heavy atom. The molecule has 0 spiro atoms. The molecule has 40 heavy (non-hydrogen) atoms. The third-order valence-electron chi connectivity index (χ3n) is 8.00. The van der Waals surface area contributed by atoms with Gasteiger partial charge in [-0.3, -0.25) is 9.55 Å². The Hall–Kier alpha value is -4.96. The lowest BCUT2D eigenvalue weighted by atomic mass is 9.87. The Kier molecular flexibility index (Phi) is 4.75. The van der Waals surface area contributed by atoms with Gasteiger partial charge in [-0.25, -0.2) is 4.98 Å². The van der Waals surface area contributed by atoms with Gasteiger partial charge < -0.3 is 4.42 Å². The largest absolute Gasteiger partial charge is 0.455 e. The van der Waals surface area contributed by atoms with Crippen molar-refractivity contribution in [3.8, 4) is 17.1 Å². The minimum atomic E-state index is -0.109. The maximum Gasteiger partial charge on any atom is 0.149 e. The number of hydrogen-bond acceptors (Lipinski definition) is 3. The number of aromatic nitrogens is 3. The van der Waals surface area contributed by atoms with Crippen LogP contribution in [0.15, 0.2) is 114 Å². The molecule has 0 aliphatic rings. The lowest BCUT2D eigenvalue weighted by molar-refractivity contribution is 0.591. The third kappa shape index (κ3) is 3.26. The normalized spacial score (nSPS) is 12.4. The first-order valence-electron chi connectivity index (χ1n) is 13.7. The maximum atomic E-state index is 6.87. The number of furan rings is 1. The molecule has 0 saturated carbocycles. The lowest BCUT2D eigenvalue weighted by Gasteiger charge is -2.21. The third-order valence-corrected chi connectivity index (χ3v) is 8.00. The zero-order chi connectivity index (χ0) is 27.0. The van der Waals surface area contributed by atoms with E-state index >= 15 is 0 Å². The van der Waals surface area contributed by atoms with E-state index in [2.05, 4.69) is 121 Å². The molecule has 0 bridgehead atoms. The van der Waals surface area contributed by atoms with Crippen LogP contribution in [-0.2, 0) is 5.41 Å². The number of fused-ring (bicyclic) bond motifs is 8. The van der Waals surface area contributed by atoms with Gasteiger partial charge in [0.05, 0.1) is 17.3 Å². The fraction of sp³-hybridized carbons (Fsp3) is 0.111. The van der Waals surface area contributed by atoms with Crippen LogP contribution >= 0.6 is 0 Å². The van der Waals surface area contributed by atoms with Crippen LogP contribution in [0.1, 0.15) is 26.3 Å². The highest BCUT2D eigenvalue weighted by atomic mass is 16.3. The Morgan fingerprint density at radius 3 is 2.23 bits per heavy atom. The van der Waals surface area contributed by atoms with Gasteiger partial charge in [-0.05, 0) is 45.8 Å². The van der Waals surface area contributed by atoms with Crippen LogP contribution in [-0.4, -0.2) is 14.5 Å². The maximum absolute atomic E-state index is 6.87. The summed E-state index contributed by atoms with van der Waals surface area (Å²) in [4.78, 5) is 9.79. The molecule has 0 N–H and O–H groups in total. The molecule has 0 atom stereocenters. The second-order valence-corrected chi connectivity index (χ2v) is 11.5. The minimum Gasteiger partial charge on any atom is -0.455 e. The average molecular weight is 518 g/mol. The van der Waals surface area contributed by atoms with E-state index in [4.69, 9.17) is 9.40 Å². The second kappa shape index (κ2) is 8.27. The van der Waals surface area contributed by atoms with Gasteiger partial charge in [0.2, 0.25) is 0 Å². The molecule has 8 aromatic rings. The molecule has 3 heterocycles. The lowest BCUT2D eigenvalue weighted by Crippen LogP contribution is -2.14. The number of nitrogens with zero attached hydrogens (tertiary/aromatic N) is 3. The highest BCUT2D eigenvalue weighted by Crippen LogP contribution is 2.42. The van der Waals surface area contributed by atoms with Crippen molar-refractivity contribution in [1.82, 2.24) is 14.5 Å². The minimum absolute atomic E-state index is 0.109. The second-order valence-electron chi connectivity index (χ2n) is 11.5. The number of para-hydroxylation sites is 2. The van der Waals surface area contributed by atoms with Crippen molar-refractivity contribution in [3.05, 3.63) is 115 Å². The summed E-state index contributed by atoms with van der Waals surface area (Å²) in [5.74, 6) is 0.846. The zero-order valence-electron chi connectivity index (χ0n) is 22.6. The van der Waals surface area contributed by atoms with E-state index in [9.17, 15) is 0 Å². The molecular formula is C36H27N3O.